The minimum atomic E-state index is 0.961. The summed E-state index contributed by atoms with van der Waals surface area (Å²) in [7, 11) is 1.75. The van der Waals surface area contributed by atoms with Crippen molar-refractivity contribution >= 4 is 5.90 Å². The molecule has 0 unspecified atom stereocenters. The average Bonchev–Trinajstić information content (AvgIpc) is 2.29. The zero-order valence-electron chi connectivity index (χ0n) is 10.1. The van der Waals surface area contributed by atoms with E-state index in [0.29, 0.717) is 0 Å². The molecule has 0 aromatic carbocycles. The molecule has 0 aliphatic carbocycles. The molecule has 1 rings (SSSR count). The van der Waals surface area contributed by atoms with Gasteiger partial charge >= 0.3 is 0 Å². The molecule has 0 saturated carbocycles. The first-order valence-electron chi connectivity index (χ1n) is 6.51. The van der Waals surface area contributed by atoms with Crippen LogP contribution in [0.3, 0.4) is 0 Å². The maximum atomic E-state index is 5.28. The van der Waals surface area contributed by atoms with Crippen molar-refractivity contribution in [2.45, 2.75) is 64.2 Å². The molecule has 0 atom stereocenters. The Morgan fingerprint density at radius 3 is 1.93 bits per heavy atom. The second-order valence-corrected chi connectivity index (χ2v) is 4.41. The van der Waals surface area contributed by atoms with Crippen LogP contribution in [0.4, 0.5) is 0 Å². The van der Waals surface area contributed by atoms with Crippen LogP contribution >= 0.6 is 0 Å². The molecule has 0 amide bonds. The van der Waals surface area contributed by atoms with Gasteiger partial charge < -0.3 is 4.74 Å². The van der Waals surface area contributed by atoms with Crippen LogP contribution in [0.1, 0.15) is 64.2 Å². The summed E-state index contributed by atoms with van der Waals surface area (Å²) >= 11 is 0. The van der Waals surface area contributed by atoms with Gasteiger partial charge in [0.15, 0.2) is 5.90 Å². The van der Waals surface area contributed by atoms with Crippen molar-refractivity contribution in [1.29, 1.82) is 0 Å². The molecule has 0 saturated heterocycles. The first kappa shape index (κ1) is 12.5. The SMILES string of the molecule is CO/C1=N\CCCCCCCCCCC1. The van der Waals surface area contributed by atoms with E-state index in [1.807, 2.05) is 0 Å². The largest absolute Gasteiger partial charge is 0.484 e. The van der Waals surface area contributed by atoms with E-state index < -0.39 is 0 Å². The Bertz CT molecular complexity index is 177. The lowest BCUT2D eigenvalue weighted by atomic mass is 10.1. The lowest BCUT2D eigenvalue weighted by Gasteiger charge is -2.04. The second kappa shape index (κ2) is 8.75. The van der Waals surface area contributed by atoms with Gasteiger partial charge in [-0.15, -0.1) is 0 Å². The molecule has 0 fully saturated rings. The maximum Gasteiger partial charge on any atom is 0.182 e. The van der Waals surface area contributed by atoms with Crippen LogP contribution in [0.25, 0.3) is 0 Å². The van der Waals surface area contributed by atoms with Crippen molar-refractivity contribution in [2.24, 2.45) is 4.99 Å². The molecule has 1 aliphatic heterocycles. The zero-order chi connectivity index (χ0) is 10.8. The molecule has 2 heteroatoms. The third-order valence-electron chi connectivity index (χ3n) is 3.07. The summed E-state index contributed by atoms with van der Waals surface area (Å²) in [5.74, 6) is 0.967. The number of hydrogen-bond donors (Lipinski definition) is 0. The van der Waals surface area contributed by atoms with Crippen molar-refractivity contribution in [3.63, 3.8) is 0 Å². The molecular weight excluding hydrogens is 186 g/mol. The van der Waals surface area contributed by atoms with Crippen LogP contribution in [0, 0.1) is 0 Å². The van der Waals surface area contributed by atoms with Crippen molar-refractivity contribution in [1.82, 2.24) is 0 Å². The predicted octanol–water partition coefficient (Wildman–Crippen LogP) is 3.95. The highest BCUT2D eigenvalue weighted by Gasteiger charge is 2.00. The topological polar surface area (TPSA) is 21.6 Å². The molecule has 0 N–H and O–H groups in total. The third kappa shape index (κ3) is 6.53. The van der Waals surface area contributed by atoms with Gasteiger partial charge in [0.25, 0.3) is 0 Å². The molecule has 15 heavy (non-hydrogen) atoms. The Labute approximate surface area is 94.1 Å². The number of hydrogen-bond acceptors (Lipinski definition) is 2. The van der Waals surface area contributed by atoms with Crippen LogP contribution in [0.2, 0.25) is 0 Å². The van der Waals surface area contributed by atoms with Crippen molar-refractivity contribution in [3.05, 3.63) is 0 Å². The van der Waals surface area contributed by atoms with Gasteiger partial charge in [0, 0.05) is 13.0 Å². The highest BCUT2D eigenvalue weighted by molar-refractivity contribution is 5.75. The van der Waals surface area contributed by atoms with E-state index >= 15 is 0 Å². The van der Waals surface area contributed by atoms with Crippen molar-refractivity contribution < 1.29 is 4.74 Å². The Morgan fingerprint density at radius 2 is 1.33 bits per heavy atom. The van der Waals surface area contributed by atoms with Gasteiger partial charge in [0.2, 0.25) is 0 Å². The number of rotatable bonds is 0. The van der Waals surface area contributed by atoms with E-state index in [0.717, 1.165) is 18.9 Å². The molecule has 1 heterocycles. The highest BCUT2D eigenvalue weighted by Crippen LogP contribution is 2.12. The Kier molecular flexibility index (Phi) is 7.32. The van der Waals surface area contributed by atoms with Gasteiger partial charge in [-0.25, -0.2) is 0 Å². The maximum absolute atomic E-state index is 5.28. The fraction of sp³-hybridized carbons (Fsp3) is 0.923. The van der Waals surface area contributed by atoms with Crippen molar-refractivity contribution in [2.75, 3.05) is 13.7 Å². The van der Waals surface area contributed by atoms with Gasteiger partial charge in [-0.05, 0) is 12.8 Å². The monoisotopic (exact) mass is 211 g/mol. The van der Waals surface area contributed by atoms with Crippen LogP contribution in [-0.2, 0) is 4.74 Å². The van der Waals surface area contributed by atoms with Gasteiger partial charge in [0.05, 0.1) is 7.11 Å². The quantitative estimate of drug-likeness (QED) is 0.594. The van der Waals surface area contributed by atoms with E-state index in [-0.39, 0.29) is 0 Å². The second-order valence-electron chi connectivity index (χ2n) is 4.41. The third-order valence-corrected chi connectivity index (χ3v) is 3.07. The lowest BCUT2D eigenvalue weighted by Crippen LogP contribution is -2.02. The Morgan fingerprint density at radius 1 is 0.800 bits per heavy atom. The first-order chi connectivity index (χ1) is 7.43. The molecule has 0 aromatic heterocycles. The molecule has 2 nitrogen and oxygen atoms in total. The fourth-order valence-corrected chi connectivity index (χ4v) is 2.07. The molecule has 0 aromatic rings. The van der Waals surface area contributed by atoms with E-state index in [2.05, 4.69) is 4.99 Å². The zero-order valence-corrected chi connectivity index (χ0v) is 10.1. The summed E-state index contributed by atoms with van der Waals surface area (Å²) in [6.07, 6.45) is 13.2. The van der Waals surface area contributed by atoms with E-state index in [4.69, 9.17) is 4.74 Å². The van der Waals surface area contributed by atoms with Gasteiger partial charge in [-0.2, -0.15) is 0 Å². The number of nitrogens with zero attached hydrogens (tertiary/aromatic N) is 1. The summed E-state index contributed by atoms with van der Waals surface area (Å²) in [4.78, 5) is 4.50. The van der Waals surface area contributed by atoms with Crippen LogP contribution in [-0.4, -0.2) is 19.6 Å². The summed E-state index contributed by atoms with van der Waals surface area (Å²) in [5, 5.41) is 0. The normalized spacial score (nSPS) is 25.3. The number of ether oxygens (including phenoxy) is 1. The Hall–Kier alpha value is -0.530. The standard InChI is InChI=1S/C13H25NO/c1-15-13-11-9-7-5-3-2-4-6-8-10-12-14-13/h2-12H2,1H3/b14-13-. The van der Waals surface area contributed by atoms with Crippen LogP contribution in [0.15, 0.2) is 4.99 Å². The van der Waals surface area contributed by atoms with Crippen LogP contribution < -0.4 is 0 Å². The Balaban J connectivity index is 2.28. The summed E-state index contributed by atoms with van der Waals surface area (Å²) in [6, 6.07) is 0. The molecule has 0 radical (unpaired) electrons. The first-order valence-corrected chi connectivity index (χ1v) is 6.51. The minimum absolute atomic E-state index is 0.961. The van der Waals surface area contributed by atoms with E-state index in [9.17, 15) is 0 Å². The van der Waals surface area contributed by atoms with E-state index in [1.54, 1.807) is 7.11 Å². The van der Waals surface area contributed by atoms with Gasteiger partial charge in [-0.3, -0.25) is 4.99 Å². The highest BCUT2D eigenvalue weighted by atomic mass is 16.5. The summed E-state index contributed by atoms with van der Waals surface area (Å²) < 4.78 is 5.28. The summed E-state index contributed by atoms with van der Waals surface area (Å²) in [6.45, 7) is 0.961. The lowest BCUT2D eigenvalue weighted by molar-refractivity contribution is 0.384. The smallest absolute Gasteiger partial charge is 0.182 e. The van der Waals surface area contributed by atoms with Crippen LogP contribution in [0.5, 0.6) is 0 Å². The minimum Gasteiger partial charge on any atom is -0.484 e. The molecule has 0 bridgehead atoms. The molecular formula is C13H25NO. The van der Waals surface area contributed by atoms with Crippen molar-refractivity contribution in [3.8, 4) is 0 Å². The summed E-state index contributed by atoms with van der Waals surface area (Å²) in [5.41, 5.74) is 0. The fourth-order valence-electron chi connectivity index (χ4n) is 2.07. The molecule has 88 valence electrons. The number of methoxy groups -OCH3 is 1. The molecule has 0 spiro atoms. The predicted molar refractivity (Wildman–Crippen MR) is 65.5 cm³/mol. The van der Waals surface area contributed by atoms with Gasteiger partial charge in [-0.1, -0.05) is 44.9 Å². The average molecular weight is 211 g/mol. The van der Waals surface area contributed by atoms with E-state index in [1.165, 1.54) is 57.8 Å². The molecule has 1 aliphatic rings. The number of aliphatic imine (C=N–C) groups is 1. The van der Waals surface area contributed by atoms with Gasteiger partial charge in [0.1, 0.15) is 0 Å².